The van der Waals surface area contributed by atoms with Crippen LogP contribution in [0.1, 0.15) is 26.5 Å². The summed E-state index contributed by atoms with van der Waals surface area (Å²) in [4.78, 5) is 15.2. The van der Waals surface area contributed by atoms with Crippen LogP contribution in [0.25, 0.3) is 27.8 Å². The van der Waals surface area contributed by atoms with E-state index in [0.29, 0.717) is 0 Å². The van der Waals surface area contributed by atoms with E-state index in [-0.39, 0.29) is 16.0 Å². The van der Waals surface area contributed by atoms with Crippen molar-refractivity contribution in [3.63, 3.8) is 0 Å². The van der Waals surface area contributed by atoms with Crippen LogP contribution in [0.3, 0.4) is 0 Å². The van der Waals surface area contributed by atoms with E-state index in [2.05, 4.69) is 25.8 Å². The fourth-order valence-corrected chi connectivity index (χ4v) is 3.32. The van der Waals surface area contributed by atoms with Gasteiger partial charge in [-0.1, -0.05) is 39.0 Å². The van der Waals surface area contributed by atoms with Gasteiger partial charge in [0.25, 0.3) is 5.69 Å². The average molecular weight is 372 g/mol. The molecule has 0 atom stereocenters. The molecule has 28 heavy (non-hydrogen) atoms. The van der Waals surface area contributed by atoms with Crippen LogP contribution in [0.4, 0.5) is 5.69 Å². The second kappa shape index (κ2) is 6.56. The quantitative estimate of drug-likeness (QED) is 0.362. The van der Waals surface area contributed by atoms with Gasteiger partial charge in [-0.2, -0.15) is 5.10 Å². The minimum atomic E-state index is -0.389. The van der Waals surface area contributed by atoms with Gasteiger partial charge in [-0.25, -0.2) is 9.67 Å². The maximum Gasteiger partial charge on any atom is 0.269 e. The molecule has 0 aliphatic heterocycles. The maximum absolute atomic E-state index is 11.0. The molecular formula is C22H20N4O2. The molecule has 2 aromatic carbocycles. The molecule has 4 aromatic rings. The molecule has 4 rings (SSSR count). The molecule has 140 valence electrons. The third-order valence-electron chi connectivity index (χ3n) is 4.67. The largest absolute Gasteiger partial charge is 0.269 e. The van der Waals surface area contributed by atoms with E-state index >= 15 is 0 Å². The molecule has 0 saturated carbocycles. The summed E-state index contributed by atoms with van der Waals surface area (Å²) in [6.07, 6.45) is 1.76. The van der Waals surface area contributed by atoms with E-state index in [4.69, 9.17) is 5.10 Å². The molecule has 0 saturated heterocycles. The minimum absolute atomic E-state index is 0.0741. The molecule has 0 N–H and O–H groups in total. The summed E-state index contributed by atoms with van der Waals surface area (Å²) in [6, 6.07) is 18.5. The first-order valence-corrected chi connectivity index (χ1v) is 9.05. The van der Waals surface area contributed by atoms with Gasteiger partial charge in [-0.3, -0.25) is 10.1 Å². The highest BCUT2D eigenvalue weighted by molar-refractivity contribution is 5.96. The van der Waals surface area contributed by atoms with Crippen molar-refractivity contribution in [2.75, 3.05) is 0 Å². The highest BCUT2D eigenvalue weighted by Gasteiger charge is 2.26. The van der Waals surface area contributed by atoms with Crippen LogP contribution < -0.4 is 0 Å². The molecule has 0 radical (unpaired) electrons. The summed E-state index contributed by atoms with van der Waals surface area (Å²) in [7, 11) is 0. The summed E-state index contributed by atoms with van der Waals surface area (Å²) >= 11 is 0. The van der Waals surface area contributed by atoms with Gasteiger partial charge in [0, 0.05) is 23.7 Å². The van der Waals surface area contributed by atoms with Crippen molar-refractivity contribution in [3.8, 4) is 16.8 Å². The molecule has 2 heterocycles. The standard InChI is InChI=1S/C22H20N4O2/c1-22(2,3)20-19-18(15-9-11-17(12-10-15)26(27)28)13-14-23-21(19)25(24-20)16-7-5-4-6-8-16/h4-14H,1-3H3. The summed E-state index contributed by atoms with van der Waals surface area (Å²) in [5.41, 5.74) is 4.39. The van der Waals surface area contributed by atoms with Crippen LogP contribution in [0.15, 0.2) is 66.9 Å². The summed E-state index contributed by atoms with van der Waals surface area (Å²) in [6.45, 7) is 6.37. The van der Waals surface area contributed by atoms with E-state index in [1.165, 1.54) is 12.1 Å². The highest BCUT2D eigenvalue weighted by Crippen LogP contribution is 2.37. The maximum atomic E-state index is 11.0. The Hall–Kier alpha value is -3.54. The Bertz CT molecular complexity index is 1160. The number of para-hydroxylation sites is 1. The molecule has 0 aliphatic carbocycles. The van der Waals surface area contributed by atoms with Gasteiger partial charge in [-0.05, 0) is 41.5 Å². The van der Waals surface area contributed by atoms with E-state index in [0.717, 1.165) is 33.5 Å². The third kappa shape index (κ3) is 3.03. The number of nitro benzene ring substituents is 1. The molecule has 0 unspecified atom stereocenters. The van der Waals surface area contributed by atoms with Crippen molar-refractivity contribution in [2.45, 2.75) is 26.2 Å². The predicted molar refractivity (Wildman–Crippen MR) is 110 cm³/mol. The molecule has 6 heteroatoms. The van der Waals surface area contributed by atoms with Gasteiger partial charge in [0.05, 0.1) is 21.7 Å². The number of hydrogen-bond donors (Lipinski definition) is 0. The third-order valence-corrected chi connectivity index (χ3v) is 4.67. The van der Waals surface area contributed by atoms with Gasteiger partial charge in [0.1, 0.15) is 0 Å². The molecule has 0 amide bonds. The molecule has 0 spiro atoms. The second-order valence-electron chi connectivity index (χ2n) is 7.71. The van der Waals surface area contributed by atoms with Crippen molar-refractivity contribution in [1.82, 2.24) is 14.8 Å². The first-order valence-electron chi connectivity index (χ1n) is 9.05. The Labute approximate surface area is 162 Å². The van der Waals surface area contributed by atoms with Crippen LogP contribution >= 0.6 is 0 Å². The Morgan fingerprint density at radius 2 is 1.64 bits per heavy atom. The van der Waals surface area contributed by atoms with E-state index in [1.807, 2.05) is 41.1 Å². The van der Waals surface area contributed by atoms with Gasteiger partial charge in [0.2, 0.25) is 0 Å². The van der Waals surface area contributed by atoms with E-state index in [9.17, 15) is 10.1 Å². The van der Waals surface area contributed by atoms with Gasteiger partial charge >= 0.3 is 0 Å². The van der Waals surface area contributed by atoms with Gasteiger partial charge in [-0.15, -0.1) is 0 Å². The first-order chi connectivity index (χ1) is 13.4. The zero-order chi connectivity index (χ0) is 19.9. The Morgan fingerprint density at radius 1 is 0.964 bits per heavy atom. The monoisotopic (exact) mass is 372 g/mol. The van der Waals surface area contributed by atoms with Crippen molar-refractivity contribution < 1.29 is 4.92 Å². The van der Waals surface area contributed by atoms with Crippen LogP contribution in [0.2, 0.25) is 0 Å². The number of aromatic nitrogens is 3. The summed E-state index contributed by atoms with van der Waals surface area (Å²) in [5, 5.41) is 16.9. The number of nitrogens with zero attached hydrogens (tertiary/aromatic N) is 4. The molecule has 0 bridgehead atoms. The van der Waals surface area contributed by atoms with Gasteiger partial charge < -0.3 is 0 Å². The first kappa shape index (κ1) is 17.9. The Balaban J connectivity index is 2.01. The van der Waals surface area contributed by atoms with Crippen molar-refractivity contribution in [2.24, 2.45) is 0 Å². The number of nitro groups is 1. The second-order valence-corrected chi connectivity index (χ2v) is 7.71. The number of benzene rings is 2. The minimum Gasteiger partial charge on any atom is -0.258 e. The zero-order valence-corrected chi connectivity index (χ0v) is 16.0. The van der Waals surface area contributed by atoms with Crippen LogP contribution in [-0.4, -0.2) is 19.7 Å². The fourth-order valence-electron chi connectivity index (χ4n) is 3.32. The molecular weight excluding hydrogens is 352 g/mol. The lowest BCUT2D eigenvalue weighted by Gasteiger charge is -2.16. The van der Waals surface area contributed by atoms with Crippen molar-refractivity contribution in [1.29, 1.82) is 0 Å². The molecule has 2 aromatic heterocycles. The van der Waals surface area contributed by atoms with Gasteiger partial charge in [0.15, 0.2) is 5.65 Å². The van der Waals surface area contributed by atoms with Crippen LogP contribution in [-0.2, 0) is 5.41 Å². The number of pyridine rings is 1. The summed E-state index contributed by atoms with van der Waals surface area (Å²) < 4.78 is 1.87. The molecule has 0 fully saturated rings. The zero-order valence-electron chi connectivity index (χ0n) is 16.0. The number of hydrogen-bond acceptors (Lipinski definition) is 4. The molecule has 6 nitrogen and oxygen atoms in total. The lowest BCUT2D eigenvalue weighted by Crippen LogP contribution is -2.13. The van der Waals surface area contributed by atoms with Crippen molar-refractivity contribution >= 4 is 16.7 Å². The van der Waals surface area contributed by atoms with Crippen LogP contribution in [0.5, 0.6) is 0 Å². The normalized spacial score (nSPS) is 11.7. The fraction of sp³-hybridized carbons (Fsp3) is 0.182. The summed E-state index contributed by atoms with van der Waals surface area (Å²) in [5.74, 6) is 0. The number of rotatable bonds is 3. The Kier molecular flexibility index (Phi) is 4.19. The predicted octanol–water partition coefficient (Wildman–Crippen LogP) is 5.29. The highest BCUT2D eigenvalue weighted by atomic mass is 16.6. The van der Waals surface area contributed by atoms with E-state index in [1.54, 1.807) is 18.3 Å². The SMILES string of the molecule is CC(C)(C)c1nn(-c2ccccc2)c2nccc(-c3ccc([N+](=O)[O-])cc3)c12. The Morgan fingerprint density at radius 3 is 2.25 bits per heavy atom. The van der Waals surface area contributed by atoms with E-state index < -0.39 is 0 Å². The number of fused-ring (bicyclic) bond motifs is 1. The average Bonchev–Trinajstić information content (AvgIpc) is 3.09. The topological polar surface area (TPSA) is 73.8 Å². The number of non-ortho nitro benzene ring substituents is 1. The molecule has 0 aliphatic rings. The lowest BCUT2D eigenvalue weighted by atomic mass is 9.88. The van der Waals surface area contributed by atoms with Crippen molar-refractivity contribution in [3.05, 3.63) is 82.7 Å². The smallest absolute Gasteiger partial charge is 0.258 e. The van der Waals surface area contributed by atoms with Crippen LogP contribution in [0, 0.1) is 10.1 Å². The lowest BCUT2D eigenvalue weighted by molar-refractivity contribution is -0.384.